The summed E-state index contributed by atoms with van der Waals surface area (Å²) in [7, 11) is 0. The standard InChI is InChI=1S/C19H30O4/c1-2-3-5-8-16(20)13-11-15-12-14-18(21)17(15)9-6-4-7-10-19(22)23/h4,6,11,13,15,17-18,21H,2-3,5,7-10,12,14H2,1H3,(H,22,23). The lowest BCUT2D eigenvalue weighted by atomic mass is 9.90. The maximum absolute atomic E-state index is 11.8. The number of hydrogen-bond donors (Lipinski definition) is 2. The van der Waals surface area contributed by atoms with Gasteiger partial charge in [0.05, 0.1) is 6.10 Å². The fourth-order valence-corrected chi connectivity index (χ4v) is 3.09. The lowest BCUT2D eigenvalue weighted by molar-refractivity contribution is -0.136. The molecular weight excluding hydrogens is 292 g/mol. The van der Waals surface area contributed by atoms with Gasteiger partial charge in [-0.05, 0) is 50.0 Å². The highest BCUT2D eigenvalue weighted by Crippen LogP contribution is 2.35. The normalized spacial score (nSPS) is 24.7. The molecule has 0 saturated heterocycles. The topological polar surface area (TPSA) is 74.6 Å². The molecule has 0 heterocycles. The van der Waals surface area contributed by atoms with Gasteiger partial charge in [0.25, 0.3) is 0 Å². The van der Waals surface area contributed by atoms with Gasteiger partial charge in [-0.1, -0.05) is 38.0 Å². The molecule has 3 unspecified atom stereocenters. The van der Waals surface area contributed by atoms with Crippen LogP contribution < -0.4 is 0 Å². The van der Waals surface area contributed by atoms with E-state index in [0.717, 1.165) is 38.5 Å². The van der Waals surface area contributed by atoms with E-state index in [0.29, 0.717) is 12.8 Å². The third kappa shape index (κ3) is 8.12. The molecule has 0 spiro atoms. The van der Waals surface area contributed by atoms with Crippen LogP contribution in [0.25, 0.3) is 0 Å². The Morgan fingerprint density at radius 2 is 1.91 bits per heavy atom. The number of ketones is 1. The van der Waals surface area contributed by atoms with Crippen LogP contribution in [-0.4, -0.2) is 28.1 Å². The van der Waals surface area contributed by atoms with Crippen LogP contribution in [0.2, 0.25) is 0 Å². The van der Waals surface area contributed by atoms with E-state index in [1.165, 1.54) is 0 Å². The van der Waals surface area contributed by atoms with Crippen molar-refractivity contribution in [3.63, 3.8) is 0 Å². The number of aliphatic hydroxyl groups excluding tert-OH is 1. The number of carboxylic acid groups (broad SMARTS) is 1. The zero-order valence-electron chi connectivity index (χ0n) is 14.1. The molecule has 1 saturated carbocycles. The number of carbonyl (C=O) groups excluding carboxylic acids is 1. The van der Waals surface area contributed by atoms with Crippen molar-refractivity contribution in [2.75, 3.05) is 0 Å². The van der Waals surface area contributed by atoms with E-state index in [9.17, 15) is 14.7 Å². The second-order valence-corrected chi connectivity index (χ2v) is 6.39. The summed E-state index contributed by atoms with van der Waals surface area (Å²) >= 11 is 0. The number of hydrogen-bond acceptors (Lipinski definition) is 3. The molecule has 1 rings (SSSR count). The van der Waals surface area contributed by atoms with Crippen molar-refractivity contribution >= 4 is 11.8 Å². The molecule has 1 fully saturated rings. The van der Waals surface area contributed by atoms with E-state index >= 15 is 0 Å². The maximum atomic E-state index is 11.8. The van der Waals surface area contributed by atoms with Crippen molar-refractivity contribution in [2.45, 2.75) is 70.8 Å². The van der Waals surface area contributed by atoms with Crippen LogP contribution in [-0.2, 0) is 9.59 Å². The molecule has 4 heteroatoms. The molecule has 0 aromatic rings. The largest absolute Gasteiger partial charge is 0.481 e. The minimum Gasteiger partial charge on any atom is -0.481 e. The summed E-state index contributed by atoms with van der Waals surface area (Å²) in [6.07, 6.45) is 14.0. The number of allylic oxidation sites excluding steroid dienone is 4. The Balaban J connectivity index is 2.41. The molecule has 1 aliphatic rings. The first-order valence-electron chi connectivity index (χ1n) is 8.80. The van der Waals surface area contributed by atoms with Crippen LogP contribution in [0.4, 0.5) is 0 Å². The zero-order chi connectivity index (χ0) is 17.1. The SMILES string of the molecule is CCCCCC(=O)C=CC1CCC(O)C1CC=CCCC(=O)O. The number of rotatable bonds is 11. The number of carboxylic acids is 1. The predicted octanol–water partition coefficient (Wildman–Crippen LogP) is 3.89. The quantitative estimate of drug-likeness (QED) is 0.344. The molecule has 0 amide bonds. The number of unbranched alkanes of at least 4 members (excludes halogenated alkanes) is 2. The van der Waals surface area contributed by atoms with Crippen LogP contribution in [0.15, 0.2) is 24.3 Å². The fourth-order valence-electron chi connectivity index (χ4n) is 3.09. The molecule has 23 heavy (non-hydrogen) atoms. The van der Waals surface area contributed by atoms with Crippen molar-refractivity contribution in [3.8, 4) is 0 Å². The smallest absolute Gasteiger partial charge is 0.303 e. The lowest BCUT2D eigenvalue weighted by Crippen LogP contribution is -2.17. The van der Waals surface area contributed by atoms with Gasteiger partial charge in [-0.25, -0.2) is 0 Å². The van der Waals surface area contributed by atoms with Crippen molar-refractivity contribution in [3.05, 3.63) is 24.3 Å². The van der Waals surface area contributed by atoms with Crippen LogP contribution in [0.3, 0.4) is 0 Å². The molecule has 0 aromatic carbocycles. The third-order valence-electron chi connectivity index (χ3n) is 4.50. The Morgan fingerprint density at radius 1 is 1.13 bits per heavy atom. The molecule has 0 aliphatic heterocycles. The molecule has 4 nitrogen and oxygen atoms in total. The van der Waals surface area contributed by atoms with Crippen molar-refractivity contribution < 1.29 is 19.8 Å². The lowest BCUT2D eigenvalue weighted by Gasteiger charge is -2.17. The minimum absolute atomic E-state index is 0.135. The van der Waals surface area contributed by atoms with Crippen molar-refractivity contribution in [2.24, 2.45) is 11.8 Å². The van der Waals surface area contributed by atoms with Gasteiger partial charge < -0.3 is 10.2 Å². The van der Waals surface area contributed by atoms with Crippen LogP contribution in [0.1, 0.15) is 64.7 Å². The first-order chi connectivity index (χ1) is 11.0. The number of carbonyl (C=O) groups is 2. The Morgan fingerprint density at radius 3 is 2.61 bits per heavy atom. The third-order valence-corrected chi connectivity index (χ3v) is 4.50. The first kappa shape index (κ1) is 19.6. The summed E-state index contributed by atoms with van der Waals surface area (Å²) in [6, 6.07) is 0. The van der Waals surface area contributed by atoms with Gasteiger partial charge in [0.1, 0.15) is 0 Å². The van der Waals surface area contributed by atoms with Crippen LogP contribution in [0, 0.1) is 11.8 Å². The fraction of sp³-hybridized carbons (Fsp3) is 0.684. The highest BCUT2D eigenvalue weighted by molar-refractivity contribution is 5.89. The monoisotopic (exact) mass is 322 g/mol. The minimum atomic E-state index is -0.794. The average molecular weight is 322 g/mol. The van der Waals surface area contributed by atoms with E-state index in [-0.39, 0.29) is 30.1 Å². The summed E-state index contributed by atoms with van der Waals surface area (Å²) in [6.45, 7) is 2.12. The van der Waals surface area contributed by atoms with E-state index in [2.05, 4.69) is 6.92 Å². The van der Waals surface area contributed by atoms with Gasteiger partial charge in [-0.2, -0.15) is 0 Å². The molecule has 1 aliphatic carbocycles. The molecular formula is C19H30O4. The Labute approximate surface area is 139 Å². The Bertz CT molecular complexity index is 425. The molecule has 0 bridgehead atoms. The first-order valence-corrected chi connectivity index (χ1v) is 8.80. The summed E-state index contributed by atoms with van der Waals surface area (Å²) < 4.78 is 0. The zero-order valence-corrected chi connectivity index (χ0v) is 14.1. The van der Waals surface area contributed by atoms with Gasteiger partial charge in [0.2, 0.25) is 0 Å². The van der Waals surface area contributed by atoms with Gasteiger partial charge >= 0.3 is 5.97 Å². The van der Waals surface area contributed by atoms with E-state index < -0.39 is 5.97 Å². The molecule has 0 aromatic heterocycles. The van der Waals surface area contributed by atoms with E-state index in [1.807, 2.05) is 18.2 Å². The van der Waals surface area contributed by atoms with Crippen molar-refractivity contribution in [1.82, 2.24) is 0 Å². The second-order valence-electron chi connectivity index (χ2n) is 6.39. The summed E-state index contributed by atoms with van der Waals surface area (Å²) in [5, 5.41) is 18.7. The summed E-state index contributed by atoms with van der Waals surface area (Å²) in [4.78, 5) is 22.3. The van der Waals surface area contributed by atoms with Gasteiger partial charge in [0, 0.05) is 12.8 Å². The van der Waals surface area contributed by atoms with E-state index in [4.69, 9.17) is 5.11 Å². The average Bonchev–Trinajstić information content (AvgIpc) is 2.85. The molecule has 130 valence electrons. The maximum Gasteiger partial charge on any atom is 0.303 e. The molecule has 3 atom stereocenters. The van der Waals surface area contributed by atoms with Gasteiger partial charge in [0.15, 0.2) is 5.78 Å². The summed E-state index contributed by atoms with van der Waals surface area (Å²) in [5.41, 5.74) is 0. The predicted molar refractivity (Wildman–Crippen MR) is 91.1 cm³/mol. The molecule has 0 radical (unpaired) electrons. The second kappa shape index (κ2) is 11.2. The highest BCUT2D eigenvalue weighted by atomic mass is 16.4. The van der Waals surface area contributed by atoms with Gasteiger partial charge in [-0.15, -0.1) is 0 Å². The van der Waals surface area contributed by atoms with Crippen LogP contribution >= 0.6 is 0 Å². The van der Waals surface area contributed by atoms with Gasteiger partial charge in [-0.3, -0.25) is 9.59 Å². The molecule has 2 N–H and O–H groups in total. The van der Waals surface area contributed by atoms with Crippen LogP contribution in [0.5, 0.6) is 0 Å². The van der Waals surface area contributed by atoms with E-state index in [1.54, 1.807) is 6.08 Å². The summed E-state index contributed by atoms with van der Waals surface area (Å²) in [5.74, 6) is -0.242. The Hall–Kier alpha value is -1.42. The van der Waals surface area contributed by atoms with Crippen molar-refractivity contribution in [1.29, 1.82) is 0 Å². The number of aliphatic hydroxyl groups is 1. The number of aliphatic carboxylic acids is 1. The Kier molecular flexibility index (Phi) is 9.53. The highest BCUT2D eigenvalue weighted by Gasteiger charge is 2.32.